The molecule has 5 heteroatoms. The molecule has 1 aromatic carbocycles. The Kier molecular flexibility index (Phi) is 4.75. The lowest BCUT2D eigenvalue weighted by Crippen LogP contribution is -2.37. The zero-order valence-corrected chi connectivity index (χ0v) is 12.7. The molecule has 2 rings (SSSR count). The summed E-state index contributed by atoms with van der Waals surface area (Å²) >= 11 is 0. The van der Waals surface area contributed by atoms with E-state index in [4.69, 9.17) is 0 Å². The number of aryl methyl sites for hydroxylation is 1. The highest BCUT2D eigenvalue weighted by molar-refractivity contribution is 5.21. The van der Waals surface area contributed by atoms with Crippen LogP contribution in [-0.4, -0.2) is 21.4 Å². The van der Waals surface area contributed by atoms with E-state index < -0.39 is 5.60 Å². The van der Waals surface area contributed by atoms with Crippen molar-refractivity contribution in [1.29, 1.82) is 0 Å². The molecule has 0 amide bonds. The van der Waals surface area contributed by atoms with Crippen molar-refractivity contribution in [1.82, 2.24) is 15.1 Å². The van der Waals surface area contributed by atoms with Crippen LogP contribution in [0.25, 0.3) is 0 Å². The second-order valence-corrected chi connectivity index (χ2v) is 5.54. The van der Waals surface area contributed by atoms with Gasteiger partial charge in [-0.1, -0.05) is 25.1 Å². The van der Waals surface area contributed by atoms with Crippen molar-refractivity contribution >= 4 is 0 Å². The average molecular weight is 291 g/mol. The van der Waals surface area contributed by atoms with E-state index in [1.807, 2.05) is 13.0 Å². The molecule has 21 heavy (non-hydrogen) atoms. The van der Waals surface area contributed by atoms with E-state index in [2.05, 4.69) is 10.4 Å². The SMILES string of the molecule is CC[C@H](NC[C@@](C)(O)c1cnn(C)c1)c1ccccc1F. The molecular weight excluding hydrogens is 269 g/mol. The van der Waals surface area contributed by atoms with Gasteiger partial charge in [-0.15, -0.1) is 0 Å². The largest absolute Gasteiger partial charge is 0.384 e. The van der Waals surface area contributed by atoms with E-state index >= 15 is 0 Å². The second kappa shape index (κ2) is 6.37. The Morgan fingerprint density at radius 3 is 2.71 bits per heavy atom. The minimum Gasteiger partial charge on any atom is -0.384 e. The summed E-state index contributed by atoms with van der Waals surface area (Å²) in [5.74, 6) is -0.224. The van der Waals surface area contributed by atoms with E-state index in [9.17, 15) is 9.50 Å². The topological polar surface area (TPSA) is 50.1 Å². The van der Waals surface area contributed by atoms with Crippen molar-refractivity contribution in [3.8, 4) is 0 Å². The summed E-state index contributed by atoms with van der Waals surface area (Å²) in [4.78, 5) is 0. The lowest BCUT2D eigenvalue weighted by molar-refractivity contribution is 0.0534. The van der Waals surface area contributed by atoms with Crippen LogP contribution in [0.5, 0.6) is 0 Å². The van der Waals surface area contributed by atoms with Gasteiger partial charge in [-0.25, -0.2) is 4.39 Å². The molecule has 0 aliphatic rings. The zero-order valence-electron chi connectivity index (χ0n) is 12.7. The van der Waals surface area contributed by atoms with Gasteiger partial charge in [0, 0.05) is 37.0 Å². The van der Waals surface area contributed by atoms with Gasteiger partial charge in [-0.2, -0.15) is 5.10 Å². The minimum atomic E-state index is -1.05. The van der Waals surface area contributed by atoms with Gasteiger partial charge in [0.2, 0.25) is 0 Å². The predicted molar refractivity (Wildman–Crippen MR) is 80.2 cm³/mol. The third-order valence-corrected chi connectivity index (χ3v) is 3.71. The van der Waals surface area contributed by atoms with Crippen LogP contribution in [0.2, 0.25) is 0 Å². The van der Waals surface area contributed by atoms with Crippen molar-refractivity contribution < 1.29 is 9.50 Å². The predicted octanol–water partition coefficient (Wildman–Crippen LogP) is 2.51. The van der Waals surface area contributed by atoms with Crippen LogP contribution in [0.1, 0.15) is 37.4 Å². The van der Waals surface area contributed by atoms with Crippen molar-refractivity contribution in [2.75, 3.05) is 6.54 Å². The van der Waals surface area contributed by atoms with Crippen LogP contribution in [0.3, 0.4) is 0 Å². The van der Waals surface area contributed by atoms with Gasteiger partial charge in [0.1, 0.15) is 11.4 Å². The molecule has 4 nitrogen and oxygen atoms in total. The highest BCUT2D eigenvalue weighted by Gasteiger charge is 2.26. The summed E-state index contributed by atoms with van der Waals surface area (Å²) < 4.78 is 15.5. The molecule has 0 saturated heterocycles. The highest BCUT2D eigenvalue weighted by atomic mass is 19.1. The van der Waals surface area contributed by atoms with Gasteiger partial charge in [0.25, 0.3) is 0 Å². The van der Waals surface area contributed by atoms with Crippen molar-refractivity contribution in [2.45, 2.75) is 31.9 Å². The Bertz CT molecular complexity index is 595. The molecule has 2 aromatic rings. The Hall–Kier alpha value is -1.72. The van der Waals surface area contributed by atoms with Gasteiger partial charge in [-0.3, -0.25) is 4.68 Å². The maximum atomic E-state index is 13.9. The first-order valence-electron chi connectivity index (χ1n) is 7.13. The van der Waals surface area contributed by atoms with Gasteiger partial charge in [-0.05, 0) is 19.4 Å². The summed E-state index contributed by atoms with van der Waals surface area (Å²) in [5, 5.41) is 17.9. The van der Waals surface area contributed by atoms with Crippen LogP contribution < -0.4 is 5.32 Å². The molecule has 0 fully saturated rings. The average Bonchev–Trinajstić information content (AvgIpc) is 2.89. The summed E-state index contributed by atoms with van der Waals surface area (Å²) in [7, 11) is 1.81. The van der Waals surface area contributed by atoms with E-state index in [0.717, 1.165) is 12.0 Å². The normalized spacial score (nSPS) is 15.7. The number of halogens is 1. The third kappa shape index (κ3) is 3.68. The number of benzene rings is 1. The number of aliphatic hydroxyl groups is 1. The van der Waals surface area contributed by atoms with Crippen LogP contribution in [0.4, 0.5) is 4.39 Å². The molecule has 1 heterocycles. The van der Waals surface area contributed by atoms with E-state index in [0.29, 0.717) is 12.1 Å². The van der Waals surface area contributed by atoms with Crippen LogP contribution >= 0.6 is 0 Å². The Balaban J connectivity index is 2.08. The van der Waals surface area contributed by atoms with E-state index in [-0.39, 0.29) is 11.9 Å². The molecule has 114 valence electrons. The lowest BCUT2D eigenvalue weighted by Gasteiger charge is -2.26. The van der Waals surface area contributed by atoms with Crippen molar-refractivity contribution in [3.05, 3.63) is 53.6 Å². The van der Waals surface area contributed by atoms with Gasteiger partial charge in [0.05, 0.1) is 6.20 Å². The Morgan fingerprint density at radius 1 is 1.43 bits per heavy atom. The number of hydrogen-bond donors (Lipinski definition) is 2. The standard InChI is InChI=1S/C16H22FN3O/c1-4-15(13-7-5-6-8-14(13)17)18-11-16(2,21)12-9-19-20(3)10-12/h5-10,15,18,21H,4,11H2,1-3H3/t15-,16+/m0/s1. The minimum absolute atomic E-state index is 0.130. The fourth-order valence-electron chi connectivity index (χ4n) is 2.36. The molecule has 2 N–H and O–H groups in total. The van der Waals surface area contributed by atoms with E-state index in [1.54, 1.807) is 43.2 Å². The first kappa shape index (κ1) is 15.7. The summed E-state index contributed by atoms with van der Waals surface area (Å²) in [5.41, 5.74) is 0.315. The molecule has 0 aliphatic carbocycles. The smallest absolute Gasteiger partial charge is 0.127 e. The lowest BCUT2D eigenvalue weighted by atomic mass is 9.97. The van der Waals surface area contributed by atoms with Crippen molar-refractivity contribution in [2.24, 2.45) is 7.05 Å². The molecule has 0 saturated carbocycles. The Morgan fingerprint density at radius 2 is 2.14 bits per heavy atom. The van der Waals surface area contributed by atoms with Gasteiger partial charge < -0.3 is 10.4 Å². The molecule has 0 spiro atoms. The summed E-state index contributed by atoms with van der Waals surface area (Å²) in [6.45, 7) is 4.04. The highest BCUT2D eigenvalue weighted by Crippen LogP contribution is 2.23. The monoisotopic (exact) mass is 291 g/mol. The number of aromatic nitrogens is 2. The first-order chi connectivity index (χ1) is 9.94. The maximum absolute atomic E-state index is 13.9. The fourth-order valence-corrected chi connectivity index (χ4v) is 2.36. The number of rotatable bonds is 6. The van der Waals surface area contributed by atoms with Gasteiger partial charge >= 0.3 is 0 Å². The molecule has 0 aliphatic heterocycles. The summed E-state index contributed by atoms with van der Waals surface area (Å²) in [6.07, 6.45) is 4.17. The summed E-state index contributed by atoms with van der Waals surface area (Å²) in [6, 6.07) is 6.60. The molecule has 0 bridgehead atoms. The number of hydrogen-bond acceptors (Lipinski definition) is 3. The zero-order chi connectivity index (χ0) is 15.5. The molecule has 0 radical (unpaired) electrons. The molecule has 0 unspecified atom stereocenters. The first-order valence-corrected chi connectivity index (χ1v) is 7.13. The van der Waals surface area contributed by atoms with Crippen molar-refractivity contribution in [3.63, 3.8) is 0 Å². The molecular formula is C16H22FN3O. The van der Waals surface area contributed by atoms with Gasteiger partial charge in [0.15, 0.2) is 0 Å². The molecule has 2 atom stereocenters. The number of nitrogens with one attached hydrogen (secondary N) is 1. The quantitative estimate of drug-likeness (QED) is 0.860. The maximum Gasteiger partial charge on any atom is 0.127 e. The van der Waals surface area contributed by atoms with E-state index in [1.165, 1.54) is 6.07 Å². The van der Waals surface area contributed by atoms with Crippen LogP contribution in [-0.2, 0) is 12.6 Å². The fraction of sp³-hybridized carbons (Fsp3) is 0.438. The second-order valence-electron chi connectivity index (χ2n) is 5.54. The third-order valence-electron chi connectivity index (χ3n) is 3.71. The van der Waals surface area contributed by atoms with Crippen LogP contribution in [0.15, 0.2) is 36.7 Å². The van der Waals surface area contributed by atoms with Crippen LogP contribution in [0, 0.1) is 5.82 Å². The molecule has 1 aromatic heterocycles. The Labute approximate surface area is 124 Å². The number of nitrogens with zero attached hydrogens (tertiary/aromatic N) is 2.